The molecule has 324 valence electrons. The number of phenolic OH excluding ortho intramolecular Hbond substituents is 5. The summed E-state index contributed by atoms with van der Waals surface area (Å²) in [6, 6.07) is 61.9. The Balaban J connectivity index is 1.11. The van der Waals surface area contributed by atoms with Crippen LogP contribution in [-0.2, 0) is 0 Å². The molecular weight excluding hydrogens is 867 g/mol. The number of nitrogens with zero attached hydrogens (tertiary/aromatic N) is 5. The van der Waals surface area contributed by atoms with E-state index in [0.717, 1.165) is 86.3 Å². The molecule has 13 rings (SSSR count). The minimum Gasteiger partial charge on any atom is -0.504 e. The lowest BCUT2D eigenvalue weighted by Gasteiger charge is -2.15. The van der Waals surface area contributed by atoms with Gasteiger partial charge in [0.25, 0.3) is 0 Å². The number of phenols is 5. The van der Waals surface area contributed by atoms with E-state index in [1.807, 2.05) is 91.0 Å². The van der Waals surface area contributed by atoms with Gasteiger partial charge in [-0.15, -0.1) is 11.3 Å². The van der Waals surface area contributed by atoms with Gasteiger partial charge in [-0.3, -0.25) is 0 Å². The summed E-state index contributed by atoms with van der Waals surface area (Å²) in [5.74, 6) is -4.86. The molecule has 4 heterocycles. The van der Waals surface area contributed by atoms with Crippen LogP contribution in [0.15, 0.2) is 182 Å². The first-order chi connectivity index (χ1) is 33.3. The van der Waals surface area contributed by atoms with Crippen LogP contribution in [0.2, 0.25) is 0 Å². The summed E-state index contributed by atoms with van der Waals surface area (Å²) in [5.41, 5.74) is 8.75. The Bertz CT molecular complexity index is 4190. The Morgan fingerprint density at radius 3 is 1.60 bits per heavy atom. The van der Waals surface area contributed by atoms with Gasteiger partial charge in [-0.25, -0.2) is 15.0 Å². The lowest BCUT2D eigenvalue weighted by Crippen LogP contribution is -2.02. The molecule has 0 fully saturated rings. The highest BCUT2D eigenvalue weighted by Gasteiger charge is 2.28. The number of benzene rings is 9. The summed E-state index contributed by atoms with van der Waals surface area (Å²) in [6.07, 6.45) is 0. The average molecular weight is 902 g/mol. The van der Waals surface area contributed by atoms with E-state index in [1.54, 1.807) is 11.3 Å². The molecule has 0 atom stereocenters. The third kappa shape index (κ3) is 5.86. The van der Waals surface area contributed by atoms with Crippen molar-refractivity contribution in [2.75, 3.05) is 0 Å². The van der Waals surface area contributed by atoms with Crippen molar-refractivity contribution in [3.63, 3.8) is 0 Å². The lowest BCUT2D eigenvalue weighted by atomic mass is 10.0. The molecule has 0 unspecified atom stereocenters. The van der Waals surface area contributed by atoms with Gasteiger partial charge in [0, 0.05) is 53.8 Å². The van der Waals surface area contributed by atoms with Crippen molar-refractivity contribution in [1.82, 2.24) is 24.1 Å². The van der Waals surface area contributed by atoms with E-state index < -0.39 is 34.3 Å². The molecule has 0 saturated heterocycles. The van der Waals surface area contributed by atoms with Gasteiger partial charge in [0.2, 0.25) is 17.2 Å². The third-order valence-electron chi connectivity index (χ3n) is 12.9. The molecule has 13 aromatic rings. The number of thiophene rings is 1. The van der Waals surface area contributed by atoms with Gasteiger partial charge in [0.05, 0.1) is 32.5 Å². The predicted molar refractivity (Wildman–Crippen MR) is 271 cm³/mol. The largest absolute Gasteiger partial charge is 0.504 e. The van der Waals surface area contributed by atoms with Crippen molar-refractivity contribution in [2.24, 2.45) is 0 Å². The van der Waals surface area contributed by atoms with E-state index in [4.69, 9.17) is 15.0 Å². The van der Waals surface area contributed by atoms with E-state index >= 15 is 0 Å². The molecular formula is C57H35N5O5S. The summed E-state index contributed by atoms with van der Waals surface area (Å²) >= 11 is 1.70. The highest BCUT2D eigenvalue weighted by molar-refractivity contribution is 7.26. The molecule has 9 aromatic carbocycles. The first kappa shape index (κ1) is 39.2. The maximum absolute atomic E-state index is 11.4. The number of para-hydroxylation sites is 3. The molecule has 0 amide bonds. The maximum atomic E-state index is 11.4. The molecule has 68 heavy (non-hydrogen) atoms. The van der Waals surface area contributed by atoms with Gasteiger partial charge in [-0.1, -0.05) is 115 Å². The number of rotatable bonds is 6. The van der Waals surface area contributed by atoms with E-state index in [-0.39, 0.29) is 17.5 Å². The highest BCUT2D eigenvalue weighted by atomic mass is 32.1. The van der Waals surface area contributed by atoms with Crippen LogP contribution >= 0.6 is 11.3 Å². The topological polar surface area (TPSA) is 150 Å². The van der Waals surface area contributed by atoms with E-state index in [2.05, 4.69) is 100 Å². The molecule has 4 aromatic heterocycles. The molecule has 0 aliphatic heterocycles. The maximum Gasteiger partial charge on any atom is 0.208 e. The smallest absolute Gasteiger partial charge is 0.208 e. The van der Waals surface area contributed by atoms with Gasteiger partial charge in [0.15, 0.2) is 29.0 Å². The summed E-state index contributed by atoms with van der Waals surface area (Å²) in [5, 5.41) is 60.8. The van der Waals surface area contributed by atoms with Crippen molar-refractivity contribution >= 4 is 75.1 Å². The molecule has 0 spiro atoms. The fourth-order valence-electron chi connectivity index (χ4n) is 9.75. The van der Waals surface area contributed by atoms with Crippen molar-refractivity contribution < 1.29 is 25.5 Å². The second-order valence-electron chi connectivity index (χ2n) is 16.8. The zero-order valence-electron chi connectivity index (χ0n) is 35.7. The summed E-state index contributed by atoms with van der Waals surface area (Å²) in [4.78, 5) is 14.9. The Kier molecular flexibility index (Phi) is 8.60. The lowest BCUT2D eigenvalue weighted by molar-refractivity contribution is 0.329. The van der Waals surface area contributed by atoms with Gasteiger partial charge in [-0.05, 0) is 77.9 Å². The molecule has 0 saturated carbocycles. The van der Waals surface area contributed by atoms with Gasteiger partial charge in [-0.2, -0.15) is 0 Å². The third-order valence-corrected chi connectivity index (χ3v) is 14.1. The van der Waals surface area contributed by atoms with Crippen LogP contribution in [0.3, 0.4) is 0 Å². The van der Waals surface area contributed by atoms with E-state index in [0.29, 0.717) is 11.1 Å². The normalized spacial score (nSPS) is 11.8. The fourth-order valence-corrected chi connectivity index (χ4v) is 10.9. The van der Waals surface area contributed by atoms with Crippen LogP contribution < -0.4 is 0 Å². The SMILES string of the molecule is Oc1c(O)c(O)c(-c2nc(-c3cc(-n4c5ccccc5c5ccc(-c6ccccc6)cc54)c4sc5ccccc5c4c3)nc(-c3ccc4c(c3)c3ccccc3n4-c3ccccc3)n2)c(O)c1O. The van der Waals surface area contributed by atoms with Crippen molar-refractivity contribution in [3.05, 3.63) is 182 Å². The Morgan fingerprint density at radius 1 is 0.338 bits per heavy atom. The zero-order chi connectivity index (χ0) is 45.8. The minimum absolute atomic E-state index is 0.187. The standard InChI is InChI=1S/C57H35N5O5S/c63-49-48(50(64)52(66)53(67)51(49)65)57-59-55(33-24-26-44-40(27-33)37-18-8-10-20-42(37)61(44)35-15-5-2-6-16-35)58-56(60-57)34-28-41-39-19-9-12-22-47(39)68-54(41)46(30-34)62-43-21-11-7-17-36(43)38-25-23-32(29-45(38)62)31-13-3-1-4-14-31/h1-30,63-67H. The molecule has 5 N–H and O–H groups in total. The van der Waals surface area contributed by atoms with Crippen molar-refractivity contribution in [3.8, 4) is 85.4 Å². The van der Waals surface area contributed by atoms with Crippen LogP contribution in [0.25, 0.3) is 120 Å². The number of fused-ring (bicyclic) bond motifs is 9. The molecule has 10 nitrogen and oxygen atoms in total. The van der Waals surface area contributed by atoms with Crippen LogP contribution in [0.1, 0.15) is 0 Å². The predicted octanol–water partition coefficient (Wildman–Crippen LogP) is 13.6. The second-order valence-corrected chi connectivity index (χ2v) is 17.8. The summed E-state index contributed by atoms with van der Waals surface area (Å²) < 4.78 is 6.64. The monoisotopic (exact) mass is 901 g/mol. The first-order valence-electron chi connectivity index (χ1n) is 21.9. The van der Waals surface area contributed by atoms with Crippen LogP contribution in [0.5, 0.6) is 28.7 Å². The fraction of sp³-hybridized carbons (Fsp3) is 0. The second kappa shape index (κ2) is 14.9. The van der Waals surface area contributed by atoms with Crippen LogP contribution in [0, 0.1) is 0 Å². The van der Waals surface area contributed by atoms with E-state index in [1.165, 1.54) is 0 Å². The van der Waals surface area contributed by atoms with Gasteiger partial charge >= 0.3 is 0 Å². The quantitative estimate of drug-likeness (QED) is 0.0818. The summed E-state index contributed by atoms with van der Waals surface area (Å²) in [6.45, 7) is 0. The summed E-state index contributed by atoms with van der Waals surface area (Å²) in [7, 11) is 0. The molecule has 0 aliphatic carbocycles. The van der Waals surface area contributed by atoms with Crippen molar-refractivity contribution in [2.45, 2.75) is 0 Å². The molecule has 11 heteroatoms. The Labute approximate surface area is 390 Å². The van der Waals surface area contributed by atoms with Crippen LogP contribution in [-0.4, -0.2) is 49.6 Å². The zero-order valence-corrected chi connectivity index (χ0v) is 36.5. The molecule has 0 radical (unpaired) electrons. The number of aromatic nitrogens is 5. The number of aromatic hydroxyl groups is 5. The van der Waals surface area contributed by atoms with Crippen molar-refractivity contribution in [1.29, 1.82) is 0 Å². The molecule has 0 bridgehead atoms. The van der Waals surface area contributed by atoms with Gasteiger partial charge < -0.3 is 34.7 Å². The average Bonchev–Trinajstić information content (AvgIpc) is 4.05. The minimum atomic E-state index is -1.08. The van der Waals surface area contributed by atoms with Gasteiger partial charge in [0.1, 0.15) is 5.56 Å². The first-order valence-corrected chi connectivity index (χ1v) is 22.7. The highest BCUT2D eigenvalue weighted by Crippen LogP contribution is 2.54. The Hall–Kier alpha value is -9.19. The Morgan fingerprint density at radius 2 is 0.868 bits per heavy atom. The number of hydrogen-bond acceptors (Lipinski definition) is 9. The number of hydrogen-bond donors (Lipinski definition) is 5. The van der Waals surface area contributed by atoms with Crippen LogP contribution in [0.4, 0.5) is 0 Å². The molecule has 0 aliphatic rings. The van der Waals surface area contributed by atoms with E-state index in [9.17, 15) is 25.5 Å².